The van der Waals surface area contributed by atoms with Crippen molar-refractivity contribution in [3.8, 4) is 0 Å². The van der Waals surface area contributed by atoms with Crippen LogP contribution in [0, 0.1) is 11.8 Å². The van der Waals surface area contributed by atoms with Gasteiger partial charge in [0.1, 0.15) is 0 Å². The topological polar surface area (TPSA) is 26.3 Å². The SMILES string of the molecule is CCOC(=O)[C@@H]1C[C@H]1C(F)(F)F. The zero-order valence-corrected chi connectivity index (χ0v) is 6.52. The average molecular weight is 182 g/mol. The third-order valence-electron chi connectivity index (χ3n) is 1.80. The van der Waals surface area contributed by atoms with Gasteiger partial charge in [-0.25, -0.2) is 0 Å². The highest BCUT2D eigenvalue weighted by atomic mass is 19.4. The largest absolute Gasteiger partial charge is 0.466 e. The van der Waals surface area contributed by atoms with Crippen LogP contribution in [0.4, 0.5) is 13.2 Å². The second-order valence-electron chi connectivity index (χ2n) is 2.74. The van der Waals surface area contributed by atoms with E-state index >= 15 is 0 Å². The number of alkyl halides is 3. The number of halogens is 3. The second-order valence-corrected chi connectivity index (χ2v) is 2.74. The summed E-state index contributed by atoms with van der Waals surface area (Å²) in [6.07, 6.45) is -4.35. The van der Waals surface area contributed by atoms with Crippen LogP contribution in [0.15, 0.2) is 0 Å². The lowest BCUT2D eigenvalue weighted by molar-refractivity contribution is -0.162. The van der Waals surface area contributed by atoms with Gasteiger partial charge in [-0.05, 0) is 13.3 Å². The van der Waals surface area contributed by atoms with E-state index in [1.165, 1.54) is 0 Å². The molecule has 1 aliphatic carbocycles. The first-order valence-corrected chi connectivity index (χ1v) is 3.70. The van der Waals surface area contributed by atoms with Crippen LogP contribution in [0.25, 0.3) is 0 Å². The van der Waals surface area contributed by atoms with Crippen molar-refractivity contribution in [1.82, 2.24) is 0 Å². The Labute approximate surface area is 67.7 Å². The molecule has 0 radical (unpaired) electrons. The minimum absolute atomic E-state index is 0.109. The Morgan fingerprint density at radius 2 is 2.17 bits per heavy atom. The van der Waals surface area contributed by atoms with Gasteiger partial charge < -0.3 is 4.74 Å². The van der Waals surface area contributed by atoms with E-state index in [0.717, 1.165) is 0 Å². The summed E-state index contributed by atoms with van der Waals surface area (Å²) in [5.41, 5.74) is 0. The summed E-state index contributed by atoms with van der Waals surface area (Å²) in [7, 11) is 0. The first kappa shape index (κ1) is 9.35. The summed E-state index contributed by atoms with van der Waals surface area (Å²) in [4.78, 5) is 10.7. The molecule has 0 aromatic heterocycles. The van der Waals surface area contributed by atoms with Crippen LogP contribution >= 0.6 is 0 Å². The molecule has 0 aromatic rings. The smallest absolute Gasteiger partial charge is 0.392 e. The number of hydrogen-bond acceptors (Lipinski definition) is 2. The molecule has 0 spiro atoms. The monoisotopic (exact) mass is 182 g/mol. The highest BCUT2D eigenvalue weighted by molar-refractivity contribution is 5.75. The summed E-state index contributed by atoms with van der Waals surface area (Å²) in [6, 6.07) is 0. The Bertz CT molecular complexity index is 188. The number of rotatable bonds is 2. The van der Waals surface area contributed by atoms with Crippen LogP contribution in [0.5, 0.6) is 0 Å². The van der Waals surface area contributed by atoms with E-state index in [9.17, 15) is 18.0 Å². The van der Waals surface area contributed by atoms with Crippen molar-refractivity contribution >= 4 is 5.97 Å². The van der Waals surface area contributed by atoms with Crippen molar-refractivity contribution in [2.75, 3.05) is 6.61 Å². The summed E-state index contributed by atoms with van der Waals surface area (Å²) in [6.45, 7) is 1.71. The number of esters is 1. The molecule has 0 amide bonds. The van der Waals surface area contributed by atoms with E-state index in [4.69, 9.17) is 0 Å². The number of ether oxygens (including phenoxy) is 1. The normalized spacial score (nSPS) is 28.3. The standard InChI is InChI=1S/C7H9F3O2/c1-2-12-6(11)4-3-5(4)7(8,9)10/h4-5H,2-3H2,1H3/t4-,5-/m1/s1. The Kier molecular flexibility index (Phi) is 2.30. The molecular weight excluding hydrogens is 173 g/mol. The molecule has 0 saturated heterocycles. The molecule has 0 unspecified atom stereocenters. The zero-order chi connectivity index (χ0) is 9.35. The van der Waals surface area contributed by atoms with Gasteiger partial charge in [0.05, 0.1) is 18.4 Å². The second kappa shape index (κ2) is 2.95. The Morgan fingerprint density at radius 1 is 1.58 bits per heavy atom. The van der Waals surface area contributed by atoms with Gasteiger partial charge in [-0.15, -0.1) is 0 Å². The predicted molar refractivity (Wildman–Crippen MR) is 34.3 cm³/mol. The minimum atomic E-state index is -4.24. The van der Waals surface area contributed by atoms with Gasteiger partial charge in [0.25, 0.3) is 0 Å². The van der Waals surface area contributed by atoms with Crippen LogP contribution in [0.2, 0.25) is 0 Å². The third kappa shape index (κ3) is 1.89. The van der Waals surface area contributed by atoms with Gasteiger partial charge in [-0.1, -0.05) is 0 Å². The van der Waals surface area contributed by atoms with Gasteiger partial charge in [0.15, 0.2) is 0 Å². The summed E-state index contributed by atoms with van der Waals surface area (Å²) >= 11 is 0. The molecule has 0 N–H and O–H groups in total. The summed E-state index contributed by atoms with van der Waals surface area (Å²) in [5, 5.41) is 0. The van der Waals surface area contributed by atoms with Crippen LogP contribution in [0.1, 0.15) is 13.3 Å². The Hall–Kier alpha value is -0.740. The van der Waals surface area contributed by atoms with E-state index in [1.807, 2.05) is 0 Å². The maximum atomic E-state index is 11.9. The van der Waals surface area contributed by atoms with E-state index in [0.29, 0.717) is 0 Å². The molecule has 0 heterocycles. The van der Waals surface area contributed by atoms with Gasteiger partial charge in [0.2, 0.25) is 0 Å². The van der Waals surface area contributed by atoms with Gasteiger partial charge >= 0.3 is 12.1 Å². The van der Waals surface area contributed by atoms with Crippen LogP contribution < -0.4 is 0 Å². The molecule has 1 aliphatic rings. The van der Waals surface area contributed by atoms with Crippen molar-refractivity contribution < 1.29 is 22.7 Å². The third-order valence-corrected chi connectivity index (χ3v) is 1.80. The predicted octanol–water partition coefficient (Wildman–Crippen LogP) is 1.75. The van der Waals surface area contributed by atoms with Crippen molar-refractivity contribution in [3.63, 3.8) is 0 Å². The van der Waals surface area contributed by atoms with Crippen molar-refractivity contribution in [2.24, 2.45) is 11.8 Å². The molecule has 12 heavy (non-hydrogen) atoms. The lowest BCUT2D eigenvalue weighted by Crippen LogP contribution is -2.16. The van der Waals surface area contributed by atoms with Gasteiger partial charge in [-0.2, -0.15) is 13.2 Å². The molecule has 0 aromatic carbocycles. The van der Waals surface area contributed by atoms with E-state index in [-0.39, 0.29) is 13.0 Å². The van der Waals surface area contributed by atoms with Crippen molar-refractivity contribution in [3.05, 3.63) is 0 Å². The highest BCUT2D eigenvalue weighted by Gasteiger charge is 2.59. The fourth-order valence-electron chi connectivity index (χ4n) is 1.07. The lowest BCUT2D eigenvalue weighted by Gasteiger charge is -2.04. The van der Waals surface area contributed by atoms with Crippen LogP contribution in [-0.2, 0) is 9.53 Å². The van der Waals surface area contributed by atoms with Crippen molar-refractivity contribution in [2.45, 2.75) is 19.5 Å². The Balaban J connectivity index is 2.37. The fraction of sp³-hybridized carbons (Fsp3) is 0.857. The molecule has 5 heteroatoms. The number of hydrogen-bond donors (Lipinski definition) is 0. The van der Waals surface area contributed by atoms with Gasteiger partial charge in [-0.3, -0.25) is 4.79 Å². The van der Waals surface area contributed by atoms with E-state index in [2.05, 4.69) is 4.74 Å². The zero-order valence-electron chi connectivity index (χ0n) is 6.52. The van der Waals surface area contributed by atoms with Crippen LogP contribution in [0.3, 0.4) is 0 Å². The summed E-state index contributed by atoms with van der Waals surface area (Å²) < 4.78 is 40.1. The van der Waals surface area contributed by atoms with Crippen LogP contribution in [-0.4, -0.2) is 18.8 Å². The first-order valence-electron chi connectivity index (χ1n) is 3.70. The molecule has 1 saturated carbocycles. The van der Waals surface area contributed by atoms with E-state index in [1.54, 1.807) is 6.92 Å². The average Bonchev–Trinajstić information content (AvgIpc) is 2.62. The van der Waals surface area contributed by atoms with Crippen molar-refractivity contribution in [1.29, 1.82) is 0 Å². The van der Waals surface area contributed by atoms with E-state index < -0.39 is 24.0 Å². The Morgan fingerprint density at radius 3 is 2.50 bits per heavy atom. The lowest BCUT2D eigenvalue weighted by atomic mass is 10.3. The fourth-order valence-corrected chi connectivity index (χ4v) is 1.07. The number of carbonyl (C=O) groups excluding carboxylic acids is 1. The molecule has 0 aliphatic heterocycles. The molecule has 70 valence electrons. The molecule has 1 fully saturated rings. The molecular formula is C7H9F3O2. The molecule has 1 rings (SSSR count). The summed E-state index contributed by atoms with van der Waals surface area (Å²) in [5.74, 6) is -3.12. The molecule has 2 nitrogen and oxygen atoms in total. The first-order chi connectivity index (χ1) is 5.46. The highest BCUT2D eigenvalue weighted by Crippen LogP contribution is 2.50. The quantitative estimate of drug-likeness (QED) is 0.608. The number of carbonyl (C=O) groups is 1. The molecule has 0 bridgehead atoms. The maximum absolute atomic E-state index is 11.9. The van der Waals surface area contributed by atoms with Gasteiger partial charge in [0, 0.05) is 0 Å². The maximum Gasteiger partial charge on any atom is 0.392 e. The molecule has 2 atom stereocenters. The minimum Gasteiger partial charge on any atom is -0.466 e.